The summed E-state index contributed by atoms with van der Waals surface area (Å²) in [7, 11) is 0. The number of nitrogens with one attached hydrogen (secondary N) is 4. The van der Waals surface area contributed by atoms with Gasteiger partial charge in [-0.05, 0) is 43.7 Å². The molecule has 31 heavy (non-hydrogen) atoms. The second-order valence-corrected chi connectivity index (χ2v) is 8.08. The third kappa shape index (κ3) is 7.84. The number of hydrogen-bond donors (Lipinski definition) is 4. The van der Waals surface area contributed by atoms with Gasteiger partial charge in [-0.3, -0.25) is 19.2 Å². The zero-order valence-electron chi connectivity index (χ0n) is 17.9. The van der Waals surface area contributed by atoms with E-state index in [-0.39, 0.29) is 17.7 Å². The Kier molecular flexibility index (Phi) is 9.17. The molecule has 0 aromatic heterocycles. The molecule has 168 valence electrons. The summed E-state index contributed by atoms with van der Waals surface area (Å²) >= 11 is 0. The van der Waals surface area contributed by atoms with E-state index < -0.39 is 29.8 Å². The van der Waals surface area contributed by atoms with Crippen LogP contribution in [0.15, 0.2) is 30.3 Å². The van der Waals surface area contributed by atoms with E-state index in [1.54, 1.807) is 30.3 Å². The lowest BCUT2D eigenvalue weighted by molar-refractivity contribution is -0.138. The summed E-state index contributed by atoms with van der Waals surface area (Å²) in [5, 5.41) is 10.3. The van der Waals surface area contributed by atoms with Crippen LogP contribution >= 0.6 is 0 Å². The van der Waals surface area contributed by atoms with Crippen molar-refractivity contribution in [2.45, 2.75) is 51.6 Å². The third-order valence-corrected chi connectivity index (χ3v) is 5.05. The molecule has 9 nitrogen and oxygen atoms in total. The van der Waals surface area contributed by atoms with Crippen molar-refractivity contribution in [1.29, 1.82) is 0 Å². The standard InChI is InChI=1S/C22H30N4O5/c1-14(2)12-18(26-22(31)21(30)24-16-6-4-3-5-7-16)20(29)25-17(13-27)9-8-15-10-11-23-19(15)28/h3-7,13-15,17-18H,8-12H2,1-2H3,(H,23,28)(H,24,30)(H,25,29)(H,26,31)/t15-,17+,18+/m1/s1. The zero-order chi connectivity index (χ0) is 22.8. The Labute approximate surface area is 181 Å². The van der Waals surface area contributed by atoms with E-state index in [2.05, 4.69) is 21.3 Å². The van der Waals surface area contributed by atoms with Crippen molar-refractivity contribution in [3.05, 3.63) is 30.3 Å². The van der Waals surface area contributed by atoms with Crippen molar-refractivity contribution < 1.29 is 24.0 Å². The van der Waals surface area contributed by atoms with Gasteiger partial charge in [-0.15, -0.1) is 0 Å². The van der Waals surface area contributed by atoms with Gasteiger partial charge in [0.15, 0.2) is 0 Å². The van der Waals surface area contributed by atoms with Gasteiger partial charge in [-0.1, -0.05) is 32.0 Å². The van der Waals surface area contributed by atoms with Gasteiger partial charge in [0, 0.05) is 18.2 Å². The van der Waals surface area contributed by atoms with Crippen LogP contribution in [0.25, 0.3) is 0 Å². The highest BCUT2D eigenvalue weighted by molar-refractivity contribution is 6.40. The van der Waals surface area contributed by atoms with Gasteiger partial charge in [0.1, 0.15) is 12.3 Å². The summed E-state index contributed by atoms with van der Waals surface area (Å²) in [6, 6.07) is 6.76. The molecule has 1 aromatic carbocycles. The van der Waals surface area contributed by atoms with Crippen LogP contribution < -0.4 is 21.3 Å². The van der Waals surface area contributed by atoms with Crippen LogP contribution in [0.5, 0.6) is 0 Å². The number of amides is 4. The van der Waals surface area contributed by atoms with E-state index in [1.807, 2.05) is 13.8 Å². The molecule has 9 heteroatoms. The van der Waals surface area contributed by atoms with Crippen molar-refractivity contribution in [2.24, 2.45) is 11.8 Å². The van der Waals surface area contributed by atoms with Gasteiger partial charge >= 0.3 is 11.8 Å². The third-order valence-electron chi connectivity index (χ3n) is 5.05. The maximum atomic E-state index is 12.7. The molecular formula is C22H30N4O5. The van der Waals surface area contributed by atoms with E-state index in [0.29, 0.717) is 44.2 Å². The highest BCUT2D eigenvalue weighted by atomic mass is 16.2. The molecule has 1 aromatic rings. The maximum Gasteiger partial charge on any atom is 0.313 e. The zero-order valence-corrected chi connectivity index (χ0v) is 17.9. The first-order valence-corrected chi connectivity index (χ1v) is 10.5. The summed E-state index contributed by atoms with van der Waals surface area (Å²) in [6.45, 7) is 4.38. The Bertz CT molecular complexity index is 796. The highest BCUT2D eigenvalue weighted by Crippen LogP contribution is 2.17. The molecule has 4 N–H and O–H groups in total. The minimum Gasteiger partial charge on any atom is -0.356 e. The number of rotatable bonds is 10. The van der Waals surface area contributed by atoms with Crippen LogP contribution in [0.4, 0.5) is 5.69 Å². The molecular weight excluding hydrogens is 400 g/mol. The number of aldehydes is 1. The van der Waals surface area contributed by atoms with E-state index in [9.17, 15) is 24.0 Å². The summed E-state index contributed by atoms with van der Waals surface area (Å²) in [6.07, 6.45) is 2.44. The lowest BCUT2D eigenvalue weighted by Gasteiger charge is -2.22. The Morgan fingerprint density at radius 1 is 1.13 bits per heavy atom. The van der Waals surface area contributed by atoms with Crippen molar-refractivity contribution >= 4 is 35.6 Å². The molecule has 1 aliphatic rings. The molecule has 0 radical (unpaired) electrons. The van der Waals surface area contributed by atoms with Crippen molar-refractivity contribution in [2.75, 3.05) is 11.9 Å². The fraction of sp³-hybridized carbons (Fsp3) is 0.500. The molecule has 0 bridgehead atoms. The van der Waals surface area contributed by atoms with Crippen molar-refractivity contribution in [1.82, 2.24) is 16.0 Å². The summed E-state index contributed by atoms with van der Waals surface area (Å²) in [5.41, 5.74) is 0.462. The topological polar surface area (TPSA) is 133 Å². The number of carbonyl (C=O) groups excluding carboxylic acids is 5. The van der Waals surface area contributed by atoms with Crippen molar-refractivity contribution in [3.63, 3.8) is 0 Å². The summed E-state index contributed by atoms with van der Waals surface area (Å²) in [5.74, 6) is -2.49. The molecule has 0 aliphatic carbocycles. The van der Waals surface area contributed by atoms with Gasteiger partial charge in [0.25, 0.3) is 0 Å². The van der Waals surface area contributed by atoms with Crippen LogP contribution in [0, 0.1) is 11.8 Å². The molecule has 4 amide bonds. The molecule has 1 heterocycles. The largest absolute Gasteiger partial charge is 0.356 e. The molecule has 0 unspecified atom stereocenters. The van der Waals surface area contributed by atoms with Crippen molar-refractivity contribution in [3.8, 4) is 0 Å². The lowest BCUT2D eigenvalue weighted by Crippen LogP contribution is -2.52. The molecule has 1 aliphatic heterocycles. The number of hydrogen-bond acceptors (Lipinski definition) is 5. The Balaban J connectivity index is 1.93. The molecule has 0 spiro atoms. The second kappa shape index (κ2) is 11.8. The van der Waals surface area contributed by atoms with E-state index >= 15 is 0 Å². The normalized spacial score (nSPS) is 17.4. The van der Waals surface area contributed by atoms with Crippen LogP contribution in [-0.2, 0) is 24.0 Å². The van der Waals surface area contributed by atoms with Gasteiger partial charge in [0.2, 0.25) is 11.8 Å². The SMILES string of the molecule is CC(C)C[C@H](NC(=O)C(=O)Nc1ccccc1)C(=O)N[C@H](C=O)CC[C@@H]1CCNC1=O. The number of para-hydroxylation sites is 1. The first-order chi connectivity index (χ1) is 14.8. The predicted octanol–water partition coefficient (Wildman–Crippen LogP) is 0.756. The molecule has 2 rings (SSSR count). The second-order valence-electron chi connectivity index (χ2n) is 8.08. The van der Waals surface area contributed by atoms with Gasteiger partial charge in [-0.2, -0.15) is 0 Å². The van der Waals surface area contributed by atoms with Crippen LogP contribution in [0.3, 0.4) is 0 Å². The fourth-order valence-corrected chi connectivity index (χ4v) is 3.39. The number of carbonyl (C=O) groups is 5. The summed E-state index contributed by atoms with van der Waals surface area (Å²) < 4.78 is 0. The van der Waals surface area contributed by atoms with E-state index in [4.69, 9.17) is 0 Å². The van der Waals surface area contributed by atoms with Crippen LogP contribution in [0.2, 0.25) is 0 Å². The van der Waals surface area contributed by atoms with Crippen LogP contribution in [0.1, 0.15) is 39.5 Å². The molecule has 1 fully saturated rings. The highest BCUT2D eigenvalue weighted by Gasteiger charge is 2.28. The predicted molar refractivity (Wildman–Crippen MR) is 115 cm³/mol. The smallest absolute Gasteiger partial charge is 0.313 e. The lowest BCUT2D eigenvalue weighted by atomic mass is 9.98. The number of anilines is 1. The molecule has 1 saturated heterocycles. The van der Waals surface area contributed by atoms with Gasteiger partial charge in [-0.25, -0.2) is 0 Å². The quantitative estimate of drug-likeness (QED) is 0.321. The van der Waals surface area contributed by atoms with E-state index in [0.717, 1.165) is 0 Å². The fourth-order valence-electron chi connectivity index (χ4n) is 3.39. The average molecular weight is 431 g/mol. The summed E-state index contributed by atoms with van der Waals surface area (Å²) in [4.78, 5) is 60.3. The minimum absolute atomic E-state index is 0.0367. The Hall–Kier alpha value is -3.23. The first kappa shape index (κ1) is 24.0. The maximum absolute atomic E-state index is 12.7. The first-order valence-electron chi connectivity index (χ1n) is 10.5. The average Bonchev–Trinajstić information content (AvgIpc) is 3.15. The number of benzene rings is 1. The van der Waals surface area contributed by atoms with Gasteiger partial charge in [0.05, 0.1) is 6.04 Å². The monoisotopic (exact) mass is 430 g/mol. The Morgan fingerprint density at radius 2 is 1.84 bits per heavy atom. The van der Waals surface area contributed by atoms with E-state index in [1.165, 1.54) is 0 Å². The molecule has 0 saturated carbocycles. The minimum atomic E-state index is -0.966. The Morgan fingerprint density at radius 3 is 2.42 bits per heavy atom. The van der Waals surface area contributed by atoms with Gasteiger partial charge < -0.3 is 26.1 Å². The van der Waals surface area contributed by atoms with Crippen LogP contribution in [-0.4, -0.2) is 48.5 Å². The molecule has 3 atom stereocenters.